The smallest absolute Gasteiger partial charge is 0.237 e. The van der Waals surface area contributed by atoms with E-state index >= 15 is 0 Å². The molecular weight excluding hydrogens is 686 g/mol. The van der Waals surface area contributed by atoms with Crippen LogP contribution in [-0.4, -0.2) is 74.9 Å². The van der Waals surface area contributed by atoms with Gasteiger partial charge in [-0.15, -0.1) is 0 Å². The number of nitrogens with two attached hydrogens (primary N) is 1. The zero-order valence-corrected chi connectivity index (χ0v) is 27.3. The van der Waals surface area contributed by atoms with Gasteiger partial charge in [-0.1, -0.05) is 0 Å². The molecule has 0 aromatic carbocycles. The maximum absolute atomic E-state index is 9.40. The summed E-state index contributed by atoms with van der Waals surface area (Å²) < 4.78 is 53.9. The summed E-state index contributed by atoms with van der Waals surface area (Å²) in [6, 6.07) is 3.72. The number of hydrogen-bond acceptors (Lipinski definition) is 11. The van der Waals surface area contributed by atoms with Crippen molar-refractivity contribution in [1.29, 1.82) is 0 Å². The van der Waals surface area contributed by atoms with Gasteiger partial charge in [0.15, 0.2) is 11.6 Å². The summed E-state index contributed by atoms with van der Waals surface area (Å²) >= 11 is 6.65. The molecule has 2 saturated heterocycles. The lowest BCUT2D eigenvalue weighted by molar-refractivity contribution is -0.142. The van der Waals surface area contributed by atoms with Gasteiger partial charge in [0.25, 0.3) is 0 Å². The highest BCUT2D eigenvalue weighted by Crippen LogP contribution is 2.26. The first kappa shape index (κ1) is 33.9. The topological polar surface area (TPSA) is 141 Å². The molecule has 4 heterocycles. The molecule has 0 radical (unpaired) electrons. The molecule has 2 aromatic rings. The van der Waals surface area contributed by atoms with Crippen molar-refractivity contribution in [3.8, 4) is 11.8 Å². The van der Waals surface area contributed by atoms with Crippen LogP contribution in [0.1, 0.15) is 33.3 Å². The SMILES string of the molecule is CC1(C)OCC(COc2ncc(Br)cc2N)O1.CS(=O)(=O)Cl.Cc1cc(Br)cnc1OCC1COC(C)(C)O1. The molecule has 39 heavy (non-hydrogen) atoms. The lowest BCUT2D eigenvalue weighted by atomic mass is 10.3. The third-order valence-corrected chi connectivity index (χ3v) is 5.66. The number of halogens is 3. The number of rotatable bonds is 6. The van der Waals surface area contributed by atoms with Crippen LogP contribution in [0.2, 0.25) is 0 Å². The quantitative estimate of drug-likeness (QED) is 0.411. The van der Waals surface area contributed by atoms with Gasteiger partial charge in [-0.05, 0) is 78.6 Å². The first-order valence-electron chi connectivity index (χ1n) is 11.7. The molecule has 2 aliphatic rings. The van der Waals surface area contributed by atoms with Crippen LogP contribution in [0, 0.1) is 6.92 Å². The highest BCUT2D eigenvalue weighted by atomic mass is 79.9. The number of nitrogen functional groups attached to an aromatic ring is 1. The minimum atomic E-state index is -3.19. The van der Waals surface area contributed by atoms with Gasteiger partial charge in [-0.25, -0.2) is 18.4 Å². The van der Waals surface area contributed by atoms with E-state index in [0.717, 1.165) is 20.8 Å². The molecule has 15 heteroatoms. The molecule has 2 N–H and O–H groups in total. The summed E-state index contributed by atoms with van der Waals surface area (Å²) in [5.74, 6) is 0.0196. The zero-order valence-electron chi connectivity index (χ0n) is 22.6. The highest BCUT2D eigenvalue weighted by molar-refractivity contribution is 9.10. The summed E-state index contributed by atoms with van der Waals surface area (Å²) in [6.45, 7) is 11.4. The van der Waals surface area contributed by atoms with Crippen molar-refractivity contribution in [2.45, 2.75) is 58.4 Å². The Labute approximate surface area is 250 Å². The molecule has 0 bridgehead atoms. The molecule has 220 valence electrons. The number of anilines is 1. The summed E-state index contributed by atoms with van der Waals surface area (Å²) in [5, 5.41) is 0. The zero-order chi connectivity index (χ0) is 29.4. The fourth-order valence-electron chi connectivity index (χ4n) is 3.28. The van der Waals surface area contributed by atoms with Crippen molar-refractivity contribution in [3.05, 3.63) is 39.0 Å². The van der Waals surface area contributed by atoms with Crippen LogP contribution in [0.3, 0.4) is 0 Å². The Morgan fingerprint density at radius 2 is 1.36 bits per heavy atom. The van der Waals surface area contributed by atoms with E-state index in [4.69, 9.17) is 34.2 Å². The van der Waals surface area contributed by atoms with Gasteiger partial charge >= 0.3 is 0 Å². The lowest BCUT2D eigenvalue weighted by Crippen LogP contribution is -2.25. The standard InChI is InChI=1S/C12H16BrNO3.C11H15BrN2O3.CH3ClO2S/c1-8-4-9(13)5-14-11(8)15-6-10-7-16-12(2,3)17-10;1-11(2)16-6-8(17-11)5-15-10-9(13)3-7(12)4-14-10;1-5(2,3)4/h4-5,10H,6-7H2,1-3H3;3-4,8H,5-6,13H2,1-2H3;1H3. The molecule has 0 spiro atoms. The first-order chi connectivity index (χ1) is 17.9. The molecule has 0 aliphatic carbocycles. The maximum atomic E-state index is 9.40. The van der Waals surface area contributed by atoms with Gasteiger partial charge in [-0.3, -0.25) is 0 Å². The first-order valence-corrected chi connectivity index (χ1v) is 16.0. The average Bonchev–Trinajstić information content (AvgIpc) is 3.32. The Morgan fingerprint density at radius 1 is 0.949 bits per heavy atom. The summed E-state index contributed by atoms with van der Waals surface area (Å²) in [5.41, 5.74) is 7.27. The summed E-state index contributed by atoms with van der Waals surface area (Å²) in [7, 11) is 1.31. The Hall–Kier alpha value is -1.26. The minimum Gasteiger partial charge on any atom is -0.475 e. The molecule has 2 unspecified atom stereocenters. The second-order valence-corrected chi connectivity index (χ2v) is 14.4. The van der Waals surface area contributed by atoms with Gasteiger partial charge in [0.1, 0.15) is 25.4 Å². The third-order valence-electron chi connectivity index (χ3n) is 4.79. The predicted octanol–water partition coefficient (Wildman–Crippen LogP) is 4.82. The molecule has 2 fully saturated rings. The number of pyridine rings is 2. The second-order valence-electron chi connectivity index (χ2n) is 9.53. The molecular formula is C24H34Br2ClN3O8S. The van der Waals surface area contributed by atoms with E-state index in [1.165, 1.54) is 0 Å². The van der Waals surface area contributed by atoms with Gasteiger partial charge in [-0.2, -0.15) is 0 Å². The normalized spacial score (nSPS) is 21.3. The van der Waals surface area contributed by atoms with Crippen molar-refractivity contribution < 1.29 is 36.8 Å². The van der Waals surface area contributed by atoms with E-state index in [0.29, 0.717) is 43.9 Å². The highest BCUT2D eigenvalue weighted by Gasteiger charge is 2.34. The van der Waals surface area contributed by atoms with E-state index in [2.05, 4.69) is 52.5 Å². The number of aromatic nitrogens is 2. The fourth-order valence-corrected chi connectivity index (χ4v) is 4.07. The molecule has 0 amide bonds. The van der Waals surface area contributed by atoms with Crippen LogP contribution in [0.4, 0.5) is 5.69 Å². The van der Waals surface area contributed by atoms with Gasteiger partial charge in [0, 0.05) is 37.6 Å². The van der Waals surface area contributed by atoms with Crippen LogP contribution >= 0.6 is 42.5 Å². The molecule has 4 rings (SSSR count). The Morgan fingerprint density at radius 3 is 1.74 bits per heavy atom. The largest absolute Gasteiger partial charge is 0.475 e. The van der Waals surface area contributed by atoms with Crippen LogP contribution in [0.15, 0.2) is 33.5 Å². The van der Waals surface area contributed by atoms with Crippen LogP contribution in [0.5, 0.6) is 11.8 Å². The number of ether oxygens (including phenoxy) is 6. The monoisotopic (exact) mass is 717 g/mol. The van der Waals surface area contributed by atoms with E-state index < -0.39 is 20.6 Å². The van der Waals surface area contributed by atoms with Crippen LogP contribution in [-0.2, 0) is 28.0 Å². The Kier molecular flexibility index (Phi) is 12.7. The minimum absolute atomic E-state index is 0.0325. The molecule has 0 saturated carbocycles. The lowest BCUT2D eigenvalue weighted by Gasteiger charge is -2.17. The Bertz CT molecular complexity index is 1120. The van der Waals surface area contributed by atoms with Gasteiger partial charge < -0.3 is 34.2 Å². The van der Waals surface area contributed by atoms with E-state index in [-0.39, 0.29) is 12.2 Å². The van der Waals surface area contributed by atoms with E-state index in [1.807, 2.05) is 40.7 Å². The number of aryl methyl sites for hydroxylation is 1. The fraction of sp³-hybridized carbons (Fsp3) is 0.583. The van der Waals surface area contributed by atoms with Crippen molar-refractivity contribution in [2.24, 2.45) is 0 Å². The van der Waals surface area contributed by atoms with Gasteiger partial charge in [0.2, 0.25) is 20.8 Å². The number of hydrogen-bond donors (Lipinski definition) is 1. The summed E-state index contributed by atoms with van der Waals surface area (Å²) in [4.78, 5) is 8.29. The predicted molar refractivity (Wildman–Crippen MR) is 155 cm³/mol. The van der Waals surface area contributed by atoms with E-state index in [1.54, 1.807) is 18.5 Å². The van der Waals surface area contributed by atoms with Crippen molar-refractivity contribution in [1.82, 2.24) is 9.97 Å². The van der Waals surface area contributed by atoms with E-state index in [9.17, 15) is 8.42 Å². The average molecular weight is 720 g/mol. The third kappa shape index (κ3) is 13.8. The molecule has 11 nitrogen and oxygen atoms in total. The van der Waals surface area contributed by atoms with Crippen LogP contribution < -0.4 is 15.2 Å². The molecule has 2 aliphatic heterocycles. The van der Waals surface area contributed by atoms with Gasteiger partial charge in [0.05, 0.1) is 25.2 Å². The molecule has 2 aromatic heterocycles. The van der Waals surface area contributed by atoms with Crippen LogP contribution in [0.25, 0.3) is 0 Å². The second kappa shape index (κ2) is 14.6. The van der Waals surface area contributed by atoms with Crippen molar-refractivity contribution >= 4 is 57.3 Å². The maximum Gasteiger partial charge on any atom is 0.237 e. The van der Waals surface area contributed by atoms with Crippen molar-refractivity contribution in [2.75, 3.05) is 38.4 Å². The number of nitrogens with zero attached hydrogens (tertiary/aromatic N) is 2. The summed E-state index contributed by atoms with van der Waals surface area (Å²) in [6.07, 6.45) is 4.17. The molecule has 2 atom stereocenters. The van der Waals surface area contributed by atoms with Crippen molar-refractivity contribution in [3.63, 3.8) is 0 Å². The Balaban J connectivity index is 0.000000234.